The average Bonchev–Trinajstić information content (AvgIpc) is 2.54. The van der Waals surface area contributed by atoms with Crippen molar-refractivity contribution in [3.63, 3.8) is 0 Å². The van der Waals surface area contributed by atoms with Gasteiger partial charge in [-0.25, -0.2) is 13.4 Å². The molecule has 0 spiro atoms. The maximum Gasteiger partial charge on any atom is 0.253 e. The van der Waals surface area contributed by atoms with Gasteiger partial charge in [-0.2, -0.15) is 0 Å². The molecule has 0 aromatic heterocycles. The number of carbonyl (C=O) groups is 1. The molecular formula is C17H26N4O4S. The quantitative estimate of drug-likeness (QED) is 0.827. The molecule has 1 saturated heterocycles. The van der Waals surface area contributed by atoms with E-state index >= 15 is 0 Å². The van der Waals surface area contributed by atoms with Crippen LogP contribution in [0.1, 0.15) is 20.8 Å². The molecule has 0 atom stereocenters. The number of sulfonamides is 1. The molecule has 8 nitrogen and oxygen atoms in total. The second-order valence-corrected chi connectivity index (χ2v) is 9.14. The van der Waals surface area contributed by atoms with Crippen molar-refractivity contribution in [1.29, 1.82) is 0 Å². The summed E-state index contributed by atoms with van der Waals surface area (Å²) in [7, 11) is -1.72. The predicted molar refractivity (Wildman–Crippen MR) is 98.6 cm³/mol. The van der Waals surface area contributed by atoms with Gasteiger partial charge in [0.2, 0.25) is 5.91 Å². The van der Waals surface area contributed by atoms with Crippen molar-refractivity contribution >= 4 is 21.6 Å². The number of nitrogens with one attached hydrogen (secondary N) is 1. The highest BCUT2D eigenvalue weighted by Gasteiger charge is 2.34. The molecule has 144 valence electrons. The summed E-state index contributed by atoms with van der Waals surface area (Å²) >= 11 is 0. The van der Waals surface area contributed by atoms with Crippen LogP contribution in [0.3, 0.4) is 0 Å². The van der Waals surface area contributed by atoms with E-state index < -0.39 is 15.6 Å². The third-order valence-corrected chi connectivity index (χ3v) is 5.96. The van der Waals surface area contributed by atoms with Gasteiger partial charge in [0.1, 0.15) is 11.4 Å². The molecule has 1 amide bonds. The van der Waals surface area contributed by atoms with Crippen LogP contribution >= 0.6 is 0 Å². The van der Waals surface area contributed by atoms with E-state index in [1.807, 2.05) is 20.9 Å². The van der Waals surface area contributed by atoms with E-state index in [0.29, 0.717) is 31.1 Å². The van der Waals surface area contributed by atoms with Gasteiger partial charge >= 0.3 is 0 Å². The Hall–Kier alpha value is -1.68. The Morgan fingerprint density at radius 2 is 1.85 bits per heavy atom. The fourth-order valence-electron chi connectivity index (χ4n) is 3.16. The minimum atomic E-state index is -3.72. The Morgan fingerprint density at radius 1 is 1.19 bits per heavy atom. The maximum atomic E-state index is 12.8. The number of carbonyl (C=O) groups excluding carboxylic acids is 1. The predicted octanol–water partition coefficient (Wildman–Crippen LogP) is 0.651. The molecule has 0 radical (unpaired) electrons. The molecule has 9 heteroatoms. The molecule has 3 rings (SSSR count). The topological polar surface area (TPSA) is 82.2 Å². The first-order chi connectivity index (χ1) is 12.1. The molecule has 1 N–H and O–H groups in total. The van der Waals surface area contributed by atoms with Gasteiger partial charge in [0.05, 0.1) is 17.1 Å². The van der Waals surface area contributed by atoms with Crippen LogP contribution in [-0.2, 0) is 14.8 Å². The third-order valence-electron chi connectivity index (χ3n) is 4.59. The Balaban J connectivity index is 1.87. The lowest BCUT2D eigenvalue weighted by Gasteiger charge is -2.39. The Kier molecular flexibility index (Phi) is 5.00. The van der Waals surface area contributed by atoms with E-state index in [1.54, 1.807) is 16.0 Å². The first-order valence-electron chi connectivity index (χ1n) is 8.64. The molecule has 26 heavy (non-hydrogen) atoms. The Morgan fingerprint density at radius 3 is 2.46 bits per heavy atom. The first-order valence-corrected chi connectivity index (χ1v) is 10.1. The summed E-state index contributed by atoms with van der Waals surface area (Å²) in [4.78, 5) is 18.5. The number of amides is 1. The van der Waals surface area contributed by atoms with Gasteiger partial charge in [0, 0.05) is 33.1 Å². The maximum absolute atomic E-state index is 12.8. The van der Waals surface area contributed by atoms with Gasteiger partial charge in [-0.15, -0.1) is 4.83 Å². The summed E-state index contributed by atoms with van der Waals surface area (Å²) in [6.07, 6.45) is 0. The molecule has 0 unspecified atom stereocenters. The van der Waals surface area contributed by atoms with E-state index in [9.17, 15) is 13.2 Å². The average molecular weight is 382 g/mol. The zero-order valence-electron chi connectivity index (χ0n) is 15.7. The highest BCUT2D eigenvalue weighted by atomic mass is 32.2. The van der Waals surface area contributed by atoms with Crippen molar-refractivity contribution in [3.05, 3.63) is 18.2 Å². The molecular weight excluding hydrogens is 356 g/mol. The summed E-state index contributed by atoms with van der Waals surface area (Å²) in [6.45, 7) is 8.47. The van der Waals surface area contributed by atoms with Gasteiger partial charge in [-0.3, -0.25) is 4.79 Å². The SMILES string of the molecule is CC(=O)N1CC(C)(C)Oc2ccc(S(=O)(=O)NN3CCN(C)CC3)cc21. The number of piperazine rings is 1. The van der Waals surface area contributed by atoms with Gasteiger partial charge in [0.25, 0.3) is 10.0 Å². The molecule has 2 aliphatic rings. The molecule has 2 aliphatic heterocycles. The summed E-state index contributed by atoms with van der Waals surface area (Å²) in [5, 5.41) is 1.71. The van der Waals surface area contributed by atoms with Crippen molar-refractivity contribution in [2.75, 3.05) is 44.7 Å². The van der Waals surface area contributed by atoms with Crippen LogP contribution < -0.4 is 14.5 Å². The Bertz CT molecular complexity index is 801. The van der Waals surface area contributed by atoms with Gasteiger partial charge in [-0.05, 0) is 39.1 Å². The number of hydrazine groups is 1. The minimum absolute atomic E-state index is 0.115. The van der Waals surface area contributed by atoms with Crippen LogP contribution in [-0.4, -0.2) is 69.6 Å². The second kappa shape index (κ2) is 6.80. The van der Waals surface area contributed by atoms with E-state index in [-0.39, 0.29) is 10.8 Å². The van der Waals surface area contributed by atoms with Crippen molar-refractivity contribution in [1.82, 2.24) is 14.7 Å². The normalized spacial score (nSPS) is 21.2. The van der Waals surface area contributed by atoms with Crippen LogP contribution in [0.4, 0.5) is 5.69 Å². The third kappa shape index (κ3) is 4.01. The van der Waals surface area contributed by atoms with Crippen LogP contribution in [0.25, 0.3) is 0 Å². The van der Waals surface area contributed by atoms with Crippen molar-refractivity contribution < 1.29 is 17.9 Å². The highest BCUT2D eigenvalue weighted by molar-refractivity contribution is 7.89. The molecule has 0 aliphatic carbocycles. The van der Waals surface area contributed by atoms with Crippen LogP contribution in [0.5, 0.6) is 5.75 Å². The number of hydrogen-bond donors (Lipinski definition) is 1. The highest BCUT2D eigenvalue weighted by Crippen LogP contribution is 2.38. The molecule has 1 aromatic carbocycles. The van der Waals surface area contributed by atoms with Gasteiger partial charge in [0.15, 0.2) is 0 Å². The summed E-state index contributed by atoms with van der Waals surface area (Å²) in [6, 6.07) is 4.63. The largest absolute Gasteiger partial charge is 0.484 e. The summed E-state index contributed by atoms with van der Waals surface area (Å²) < 4.78 is 31.4. The number of rotatable bonds is 3. The standard InChI is InChI=1S/C17H26N4O4S/c1-13(22)21-12-17(2,3)25-16-6-5-14(11-15(16)21)26(23,24)18-20-9-7-19(4)8-10-20/h5-6,11,18H,7-10,12H2,1-4H3. The first kappa shape index (κ1) is 19.1. The van der Waals surface area contributed by atoms with Crippen molar-refractivity contribution in [3.8, 4) is 5.75 Å². The number of hydrogen-bond acceptors (Lipinski definition) is 6. The number of nitrogens with zero attached hydrogens (tertiary/aromatic N) is 3. The fraction of sp³-hybridized carbons (Fsp3) is 0.588. The lowest BCUT2D eigenvalue weighted by atomic mass is 10.1. The lowest BCUT2D eigenvalue weighted by molar-refractivity contribution is -0.117. The van der Waals surface area contributed by atoms with Crippen LogP contribution in [0.15, 0.2) is 23.1 Å². The smallest absolute Gasteiger partial charge is 0.253 e. The Labute approximate surface area is 154 Å². The summed E-state index contributed by atoms with van der Waals surface area (Å²) in [5.41, 5.74) is -0.0463. The minimum Gasteiger partial charge on any atom is -0.484 e. The molecule has 2 heterocycles. The van der Waals surface area contributed by atoms with E-state index in [2.05, 4.69) is 9.73 Å². The summed E-state index contributed by atoms with van der Waals surface area (Å²) in [5.74, 6) is 0.360. The number of anilines is 1. The van der Waals surface area contributed by atoms with E-state index in [0.717, 1.165) is 13.1 Å². The number of fused-ring (bicyclic) bond motifs is 1. The number of ether oxygens (including phenoxy) is 1. The molecule has 1 aromatic rings. The van der Waals surface area contributed by atoms with E-state index in [4.69, 9.17) is 4.74 Å². The van der Waals surface area contributed by atoms with Gasteiger partial charge < -0.3 is 14.5 Å². The van der Waals surface area contributed by atoms with E-state index in [1.165, 1.54) is 19.1 Å². The van der Waals surface area contributed by atoms with Crippen LogP contribution in [0.2, 0.25) is 0 Å². The molecule has 0 bridgehead atoms. The molecule has 0 saturated carbocycles. The second-order valence-electron chi connectivity index (χ2n) is 7.48. The monoisotopic (exact) mass is 382 g/mol. The van der Waals surface area contributed by atoms with Crippen molar-refractivity contribution in [2.45, 2.75) is 31.3 Å². The fourth-order valence-corrected chi connectivity index (χ4v) is 4.30. The number of likely N-dealkylation sites (N-methyl/N-ethyl adjacent to an activating group) is 1. The zero-order chi connectivity index (χ0) is 19.1. The molecule has 1 fully saturated rings. The van der Waals surface area contributed by atoms with Gasteiger partial charge in [-0.1, -0.05) is 0 Å². The van der Waals surface area contributed by atoms with Crippen LogP contribution in [0, 0.1) is 0 Å². The lowest BCUT2D eigenvalue weighted by Crippen LogP contribution is -2.52. The zero-order valence-corrected chi connectivity index (χ0v) is 16.5. The number of benzene rings is 1. The van der Waals surface area contributed by atoms with Crippen molar-refractivity contribution in [2.24, 2.45) is 0 Å².